The van der Waals surface area contributed by atoms with E-state index in [1.165, 1.54) is 5.56 Å². The molecule has 2 aromatic carbocycles. The maximum Gasteiger partial charge on any atom is 0.223 e. The normalized spacial score (nSPS) is 14.1. The number of fused-ring (bicyclic) bond motifs is 1. The molecule has 0 aliphatic carbocycles. The predicted molar refractivity (Wildman–Crippen MR) is 115 cm³/mol. The molecule has 0 saturated carbocycles. The summed E-state index contributed by atoms with van der Waals surface area (Å²) >= 11 is 0. The zero-order valence-corrected chi connectivity index (χ0v) is 17.4. The van der Waals surface area contributed by atoms with Crippen molar-refractivity contribution in [1.82, 2.24) is 14.9 Å². The van der Waals surface area contributed by atoms with Crippen molar-refractivity contribution in [2.75, 3.05) is 6.61 Å². The summed E-state index contributed by atoms with van der Waals surface area (Å²) in [5, 5.41) is 2.95. The van der Waals surface area contributed by atoms with Crippen molar-refractivity contribution < 1.29 is 14.3 Å². The molecule has 1 aliphatic rings. The third-order valence-corrected chi connectivity index (χ3v) is 5.08. The Balaban J connectivity index is 1.21. The van der Waals surface area contributed by atoms with E-state index < -0.39 is 0 Å². The molecule has 0 saturated heterocycles. The van der Waals surface area contributed by atoms with Crippen molar-refractivity contribution in [1.29, 1.82) is 0 Å². The number of hydrogen-bond donors (Lipinski definition) is 1. The number of amides is 1. The van der Waals surface area contributed by atoms with Crippen LogP contribution in [-0.2, 0) is 24.3 Å². The van der Waals surface area contributed by atoms with Crippen LogP contribution in [0.4, 0.5) is 0 Å². The lowest BCUT2D eigenvalue weighted by Gasteiger charge is -2.18. The third-order valence-electron chi connectivity index (χ3n) is 5.08. The molecule has 1 amide bonds. The molecule has 0 spiro atoms. The second-order valence-electron chi connectivity index (χ2n) is 8.21. The Bertz CT molecular complexity index is 995. The first kappa shape index (κ1) is 20.0. The lowest BCUT2D eigenvalue weighted by Crippen LogP contribution is -2.25. The van der Waals surface area contributed by atoms with E-state index in [0.29, 0.717) is 25.3 Å². The van der Waals surface area contributed by atoms with Crippen molar-refractivity contribution in [3.05, 3.63) is 77.9 Å². The topological polar surface area (TPSA) is 65.4 Å². The number of para-hydroxylation sites is 1. The van der Waals surface area contributed by atoms with Crippen molar-refractivity contribution >= 4 is 5.91 Å². The monoisotopic (exact) mass is 405 g/mol. The zero-order valence-electron chi connectivity index (χ0n) is 17.4. The van der Waals surface area contributed by atoms with Gasteiger partial charge >= 0.3 is 0 Å². The van der Waals surface area contributed by atoms with E-state index in [9.17, 15) is 4.79 Å². The number of imidazole rings is 1. The maximum absolute atomic E-state index is 12.2. The summed E-state index contributed by atoms with van der Waals surface area (Å²) in [5.74, 6) is 1.48. The molecule has 1 aliphatic heterocycles. The molecule has 1 aromatic heterocycles. The SMILES string of the molecule is CC1(C)Cc2cccc(OCCC(=O)NCc3ccc(Cn4ccnc4)cc3)c2O1. The van der Waals surface area contributed by atoms with Crippen molar-refractivity contribution in [2.45, 2.75) is 45.4 Å². The van der Waals surface area contributed by atoms with Gasteiger partial charge in [0.25, 0.3) is 0 Å². The Morgan fingerprint density at radius 1 is 1.20 bits per heavy atom. The van der Waals surface area contributed by atoms with Gasteiger partial charge in [-0.1, -0.05) is 36.4 Å². The average Bonchev–Trinajstić information content (AvgIpc) is 3.33. The maximum atomic E-state index is 12.2. The molecule has 3 aromatic rings. The van der Waals surface area contributed by atoms with Gasteiger partial charge in [0.15, 0.2) is 11.5 Å². The van der Waals surface area contributed by atoms with Gasteiger partial charge < -0.3 is 19.4 Å². The van der Waals surface area contributed by atoms with Gasteiger partial charge in [-0.15, -0.1) is 0 Å². The third kappa shape index (κ3) is 5.00. The van der Waals surface area contributed by atoms with Gasteiger partial charge in [0.1, 0.15) is 5.60 Å². The van der Waals surface area contributed by atoms with Crippen LogP contribution in [0, 0.1) is 0 Å². The molecular weight excluding hydrogens is 378 g/mol. The number of benzene rings is 2. The Morgan fingerprint density at radius 3 is 2.77 bits per heavy atom. The first-order valence-corrected chi connectivity index (χ1v) is 10.2. The van der Waals surface area contributed by atoms with Gasteiger partial charge in [-0.25, -0.2) is 4.98 Å². The van der Waals surface area contributed by atoms with Crippen LogP contribution in [0.5, 0.6) is 11.5 Å². The highest BCUT2D eigenvalue weighted by molar-refractivity contribution is 5.76. The van der Waals surface area contributed by atoms with E-state index in [1.807, 2.05) is 35.0 Å². The van der Waals surface area contributed by atoms with Crippen LogP contribution in [0.25, 0.3) is 0 Å². The molecule has 0 bridgehead atoms. The van der Waals surface area contributed by atoms with Crippen LogP contribution >= 0.6 is 0 Å². The minimum absolute atomic E-state index is 0.0358. The zero-order chi connectivity index (χ0) is 21.0. The van der Waals surface area contributed by atoms with Gasteiger partial charge in [0, 0.05) is 37.5 Å². The summed E-state index contributed by atoms with van der Waals surface area (Å²) in [6, 6.07) is 14.1. The minimum Gasteiger partial charge on any atom is -0.489 e. The van der Waals surface area contributed by atoms with Crippen LogP contribution < -0.4 is 14.8 Å². The lowest BCUT2D eigenvalue weighted by molar-refractivity contribution is -0.121. The van der Waals surface area contributed by atoms with Gasteiger partial charge in [-0.3, -0.25) is 4.79 Å². The number of carbonyl (C=O) groups is 1. The van der Waals surface area contributed by atoms with Gasteiger partial charge in [-0.2, -0.15) is 0 Å². The number of aromatic nitrogens is 2. The summed E-state index contributed by atoms with van der Waals surface area (Å²) in [7, 11) is 0. The van der Waals surface area contributed by atoms with Gasteiger partial charge in [-0.05, 0) is 31.0 Å². The van der Waals surface area contributed by atoms with E-state index in [0.717, 1.165) is 29.8 Å². The van der Waals surface area contributed by atoms with Crippen LogP contribution in [0.2, 0.25) is 0 Å². The lowest BCUT2D eigenvalue weighted by atomic mass is 10.0. The highest BCUT2D eigenvalue weighted by Crippen LogP contribution is 2.41. The fourth-order valence-electron chi connectivity index (χ4n) is 3.60. The molecular formula is C24H27N3O3. The Morgan fingerprint density at radius 2 is 2.00 bits per heavy atom. The number of carbonyl (C=O) groups excluding carboxylic acids is 1. The quantitative estimate of drug-likeness (QED) is 0.620. The molecule has 1 N–H and O–H groups in total. The molecule has 0 fully saturated rings. The summed E-state index contributed by atoms with van der Waals surface area (Å²) in [4.78, 5) is 16.2. The number of nitrogens with zero attached hydrogens (tertiary/aromatic N) is 2. The number of nitrogens with one attached hydrogen (secondary N) is 1. The number of ether oxygens (including phenoxy) is 2. The van der Waals surface area contributed by atoms with E-state index in [2.05, 4.69) is 42.3 Å². The van der Waals surface area contributed by atoms with Crippen molar-refractivity contribution in [3.8, 4) is 11.5 Å². The predicted octanol–water partition coefficient (Wildman–Crippen LogP) is 3.73. The molecule has 2 heterocycles. The molecule has 6 heteroatoms. The summed E-state index contributed by atoms with van der Waals surface area (Å²) < 4.78 is 13.9. The fraction of sp³-hybridized carbons (Fsp3) is 0.333. The van der Waals surface area contributed by atoms with Crippen molar-refractivity contribution in [2.24, 2.45) is 0 Å². The highest BCUT2D eigenvalue weighted by atomic mass is 16.5. The van der Waals surface area contributed by atoms with Gasteiger partial charge in [0.05, 0.1) is 19.4 Å². The molecule has 30 heavy (non-hydrogen) atoms. The van der Waals surface area contributed by atoms with E-state index in [-0.39, 0.29) is 11.5 Å². The summed E-state index contributed by atoms with van der Waals surface area (Å²) in [6.45, 7) is 5.73. The van der Waals surface area contributed by atoms with Crippen LogP contribution in [-0.4, -0.2) is 27.7 Å². The first-order valence-electron chi connectivity index (χ1n) is 10.2. The standard InChI is InChI=1S/C24H27N3O3/c1-24(2)14-20-4-3-5-21(23(20)30-24)29-13-10-22(28)26-15-18-6-8-19(9-7-18)16-27-12-11-25-17-27/h3-9,11-12,17H,10,13-16H2,1-2H3,(H,26,28). The molecule has 6 nitrogen and oxygen atoms in total. The molecule has 156 valence electrons. The summed E-state index contributed by atoms with van der Waals surface area (Å²) in [5.41, 5.74) is 3.19. The second-order valence-corrected chi connectivity index (χ2v) is 8.21. The summed E-state index contributed by atoms with van der Waals surface area (Å²) in [6.07, 6.45) is 6.67. The molecule has 4 rings (SSSR count). The first-order chi connectivity index (χ1) is 14.5. The molecule has 0 atom stereocenters. The smallest absolute Gasteiger partial charge is 0.223 e. The van der Waals surface area contributed by atoms with Crippen LogP contribution in [0.3, 0.4) is 0 Å². The largest absolute Gasteiger partial charge is 0.489 e. The Hall–Kier alpha value is -3.28. The van der Waals surface area contributed by atoms with Gasteiger partial charge in [0.2, 0.25) is 5.91 Å². The fourth-order valence-corrected chi connectivity index (χ4v) is 3.60. The molecule has 0 radical (unpaired) electrons. The van der Waals surface area contributed by atoms with E-state index >= 15 is 0 Å². The molecule has 0 unspecified atom stereocenters. The second kappa shape index (κ2) is 8.61. The average molecular weight is 405 g/mol. The van der Waals surface area contributed by atoms with Crippen molar-refractivity contribution in [3.63, 3.8) is 0 Å². The van der Waals surface area contributed by atoms with Crippen LogP contribution in [0.15, 0.2) is 61.2 Å². The highest BCUT2D eigenvalue weighted by Gasteiger charge is 2.32. The number of hydrogen-bond acceptors (Lipinski definition) is 4. The minimum atomic E-state index is -0.215. The number of rotatable bonds is 8. The van der Waals surface area contributed by atoms with Crippen LogP contribution in [0.1, 0.15) is 37.0 Å². The van der Waals surface area contributed by atoms with E-state index in [1.54, 1.807) is 12.5 Å². The Kier molecular flexibility index (Phi) is 5.74. The van der Waals surface area contributed by atoms with E-state index in [4.69, 9.17) is 9.47 Å². The Labute approximate surface area is 176 Å².